The molecule has 190 valence electrons. The maximum absolute atomic E-state index is 8.00. The van der Waals surface area contributed by atoms with Crippen LogP contribution in [0.4, 0.5) is 0 Å². The van der Waals surface area contributed by atoms with Gasteiger partial charge < -0.3 is 23.4 Å². The minimum Gasteiger partial charge on any atom is -0.497 e. The SMILES string of the molecule is C=O.CC/C(C)=C\CC1CCCC(OCc2nc(-c3cccc(OC)c3)oc2C)C1.CCOC. The van der Waals surface area contributed by atoms with Crippen molar-refractivity contribution in [3.8, 4) is 17.2 Å². The number of carbonyl (C=O) groups is 1. The number of nitrogens with zero attached hydrogens (tertiary/aromatic N) is 1. The lowest BCUT2D eigenvalue weighted by molar-refractivity contribution is -0.0980. The molecule has 0 amide bonds. The van der Waals surface area contributed by atoms with Gasteiger partial charge in [-0.05, 0) is 77.0 Å². The van der Waals surface area contributed by atoms with Crippen LogP contribution >= 0.6 is 0 Å². The second-order valence-corrected chi connectivity index (χ2v) is 8.44. The third-order valence-electron chi connectivity index (χ3n) is 6.05. The maximum atomic E-state index is 8.00. The molecule has 1 saturated carbocycles. The molecule has 3 rings (SSSR count). The first-order valence-electron chi connectivity index (χ1n) is 12.2. The molecule has 0 saturated heterocycles. The zero-order chi connectivity index (χ0) is 25.3. The van der Waals surface area contributed by atoms with Gasteiger partial charge in [-0.2, -0.15) is 0 Å². The van der Waals surface area contributed by atoms with Crippen molar-refractivity contribution in [2.45, 2.75) is 78.9 Å². The Kier molecular flexibility index (Phi) is 14.9. The smallest absolute Gasteiger partial charge is 0.226 e. The predicted molar refractivity (Wildman–Crippen MR) is 137 cm³/mol. The molecule has 0 N–H and O–H groups in total. The molecule has 0 bridgehead atoms. The van der Waals surface area contributed by atoms with Crippen molar-refractivity contribution in [3.05, 3.63) is 47.4 Å². The fourth-order valence-electron chi connectivity index (χ4n) is 3.76. The number of carbonyl (C=O) groups excluding carboxylic acids is 1. The summed E-state index contributed by atoms with van der Waals surface area (Å²) in [4.78, 5) is 12.7. The number of benzene rings is 1. The van der Waals surface area contributed by atoms with E-state index in [2.05, 4.69) is 29.6 Å². The van der Waals surface area contributed by atoms with Crippen LogP contribution in [0.25, 0.3) is 11.5 Å². The molecule has 0 spiro atoms. The van der Waals surface area contributed by atoms with Crippen LogP contribution in [-0.4, -0.2) is 38.7 Å². The standard InChI is InChI=1S/C24H33NO3.C3H8O.CH2O/c1-5-17(2)12-13-19-8-6-11-22(14-19)27-16-23-18(3)28-24(25-23)20-9-7-10-21(15-20)26-4;1-3-4-2;1-2/h7,9-10,12,15,19,22H,5-6,8,11,13-14,16H2,1-4H3;3H2,1-2H3;1H2/b17-12-;;. The van der Waals surface area contributed by atoms with Crippen LogP contribution in [0.3, 0.4) is 0 Å². The highest BCUT2D eigenvalue weighted by molar-refractivity contribution is 5.56. The van der Waals surface area contributed by atoms with E-state index < -0.39 is 0 Å². The summed E-state index contributed by atoms with van der Waals surface area (Å²) in [5.41, 5.74) is 3.30. The third kappa shape index (κ3) is 10.2. The Morgan fingerprint density at radius 2 is 1.97 bits per heavy atom. The zero-order valence-corrected chi connectivity index (χ0v) is 21.9. The van der Waals surface area contributed by atoms with Gasteiger partial charge in [0.15, 0.2) is 0 Å². The number of hydrogen-bond donors (Lipinski definition) is 0. The molecule has 34 heavy (non-hydrogen) atoms. The number of aromatic nitrogens is 1. The number of hydrogen-bond acceptors (Lipinski definition) is 6. The van der Waals surface area contributed by atoms with E-state index in [0.717, 1.165) is 54.6 Å². The first kappa shape index (κ1) is 29.6. The lowest BCUT2D eigenvalue weighted by atomic mass is 9.84. The summed E-state index contributed by atoms with van der Waals surface area (Å²) in [6.45, 7) is 11.7. The minimum absolute atomic E-state index is 0.324. The first-order chi connectivity index (χ1) is 16.5. The van der Waals surface area contributed by atoms with Gasteiger partial charge in [0.2, 0.25) is 5.89 Å². The molecule has 1 aliphatic rings. The molecule has 0 radical (unpaired) electrons. The fourth-order valence-corrected chi connectivity index (χ4v) is 3.76. The van der Waals surface area contributed by atoms with E-state index in [1.54, 1.807) is 14.2 Å². The van der Waals surface area contributed by atoms with Crippen LogP contribution < -0.4 is 4.74 Å². The van der Waals surface area contributed by atoms with Crippen LogP contribution in [0.2, 0.25) is 0 Å². The van der Waals surface area contributed by atoms with Crippen LogP contribution in [0.1, 0.15) is 70.8 Å². The summed E-state index contributed by atoms with van der Waals surface area (Å²) in [6.07, 6.45) is 9.92. The summed E-state index contributed by atoms with van der Waals surface area (Å²) in [6, 6.07) is 7.78. The summed E-state index contributed by atoms with van der Waals surface area (Å²) in [5.74, 6) is 2.99. The van der Waals surface area contributed by atoms with Crippen molar-refractivity contribution in [1.29, 1.82) is 0 Å². The summed E-state index contributed by atoms with van der Waals surface area (Å²) in [7, 11) is 3.34. The molecule has 1 aliphatic carbocycles. The lowest BCUT2D eigenvalue weighted by Crippen LogP contribution is -2.22. The van der Waals surface area contributed by atoms with Crippen LogP contribution in [0.5, 0.6) is 5.75 Å². The number of ether oxygens (including phenoxy) is 3. The van der Waals surface area contributed by atoms with E-state index in [-0.39, 0.29) is 0 Å². The molecule has 1 fully saturated rings. The molecule has 6 heteroatoms. The maximum Gasteiger partial charge on any atom is 0.226 e. The Morgan fingerprint density at radius 3 is 2.62 bits per heavy atom. The number of allylic oxidation sites excluding steroid dienone is 2. The third-order valence-corrected chi connectivity index (χ3v) is 6.05. The second-order valence-electron chi connectivity index (χ2n) is 8.44. The van der Waals surface area contributed by atoms with Gasteiger partial charge in [-0.1, -0.05) is 31.1 Å². The van der Waals surface area contributed by atoms with Gasteiger partial charge in [-0.3, -0.25) is 0 Å². The molecular weight excluding hydrogens is 430 g/mol. The molecule has 6 nitrogen and oxygen atoms in total. The highest BCUT2D eigenvalue weighted by Gasteiger charge is 2.23. The molecule has 2 unspecified atom stereocenters. The van der Waals surface area contributed by atoms with Gasteiger partial charge in [-0.15, -0.1) is 0 Å². The number of oxazole rings is 1. The summed E-state index contributed by atoms with van der Waals surface area (Å²) >= 11 is 0. The second kappa shape index (κ2) is 17.1. The van der Waals surface area contributed by atoms with Crippen molar-refractivity contribution < 1.29 is 23.4 Å². The van der Waals surface area contributed by atoms with Gasteiger partial charge in [-0.25, -0.2) is 4.98 Å². The molecule has 1 aromatic carbocycles. The quantitative estimate of drug-likeness (QED) is 0.367. The Hall–Kier alpha value is -2.44. The van der Waals surface area contributed by atoms with E-state index in [9.17, 15) is 0 Å². The highest BCUT2D eigenvalue weighted by Crippen LogP contribution is 2.31. The zero-order valence-electron chi connectivity index (χ0n) is 21.9. The fraction of sp³-hybridized carbons (Fsp3) is 0.571. The Labute approximate surface area is 205 Å². The Balaban J connectivity index is 0.000000872. The monoisotopic (exact) mass is 473 g/mol. The molecular formula is C28H43NO5. The van der Waals surface area contributed by atoms with Crippen molar-refractivity contribution in [1.82, 2.24) is 4.98 Å². The van der Waals surface area contributed by atoms with E-state index in [0.29, 0.717) is 18.6 Å². The Morgan fingerprint density at radius 1 is 1.24 bits per heavy atom. The number of methoxy groups -OCH3 is 2. The van der Waals surface area contributed by atoms with Gasteiger partial charge >= 0.3 is 0 Å². The van der Waals surface area contributed by atoms with Crippen LogP contribution in [-0.2, 0) is 20.9 Å². The molecule has 0 aliphatic heterocycles. The van der Waals surface area contributed by atoms with Gasteiger partial charge in [0.25, 0.3) is 0 Å². The summed E-state index contributed by atoms with van der Waals surface area (Å²) < 4.78 is 22.0. The first-order valence-corrected chi connectivity index (χ1v) is 12.2. The van der Waals surface area contributed by atoms with Gasteiger partial charge in [0.1, 0.15) is 24.0 Å². The number of rotatable bonds is 9. The number of aryl methyl sites for hydroxylation is 1. The summed E-state index contributed by atoms with van der Waals surface area (Å²) in [5, 5.41) is 0. The van der Waals surface area contributed by atoms with E-state index in [4.69, 9.17) is 18.7 Å². The van der Waals surface area contributed by atoms with Gasteiger partial charge in [0, 0.05) is 19.3 Å². The van der Waals surface area contributed by atoms with E-state index in [1.165, 1.54) is 24.8 Å². The largest absolute Gasteiger partial charge is 0.497 e. The average molecular weight is 474 g/mol. The van der Waals surface area contributed by atoms with Crippen molar-refractivity contribution in [2.75, 3.05) is 20.8 Å². The topological polar surface area (TPSA) is 70.8 Å². The van der Waals surface area contributed by atoms with Gasteiger partial charge in [0.05, 0.1) is 19.8 Å². The minimum atomic E-state index is 0.324. The van der Waals surface area contributed by atoms with Crippen molar-refractivity contribution in [2.24, 2.45) is 5.92 Å². The van der Waals surface area contributed by atoms with E-state index >= 15 is 0 Å². The molecule has 2 aromatic rings. The highest BCUT2D eigenvalue weighted by atomic mass is 16.5. The lowest BCUT2D eigenvalue weighted by Gasteiger charge is -2.28. The molecule has 1 aromatic heterocycles. The van der Waals surface area contributed by atoms with Crippen molar-refractivity contribution >= 4 is 6.79 Å². The Bertz CT molecular complexity index is 843. The normalized spacial score (nSPS) is 17.8. The molecule has 2 atom stereocenters. The van der Waals surface area contributed by atoms with Crippen LogP contribution in [0, 0.1) is 12.8 Å². The molecule has 1 heterocycles. The predicted octanol–water partition coefficient (Wildman–Crippen LogP) is 6.95. The van der Waals surface area contributed by atoms with Crippen LogP contribution in [0.15, 0.2) is 40.3 Å². The van der Waals surface area contributed by atoms with Crippen molar-refractivity contribution in [3.63, 3.8) is 0 Å². The van der Waals surface area contributed by atoms with E-state index in [1.807, 2.05) is 44.9 Å². The average Bonchev–Trinajstić information content (AvgIpc) is 3.28.